The fourth-order valence-corrected chi connectivity index (χ4v) is 2.49. The first-order chi connectivity index (χ1) is 9.90. The summed E-state index contributed by atoms with van der Waals surface area (Å²) in [5, 5.41) is 8.91. The molecule has 1 aliphatic heterocycles. The van der Waals surface area contributed by atoms with Crippen molar-refractivity contribution in [2.24, 2.45) is 0 Å². The van der Waals surface area contributed by atoms with E-state index in [1.807, 2.05) is 38.1 Å². The number of aliphatic carboxylic acids is 1. The van der Waals surface area contributed by atoms with Gasteiger partial charge in [-0.25, -0.2) is 4.79 Å². The van der Waals surface area contributed by atoms with Gasteiger partial charge in [0.1, 0.15) is 6.10 Å². The van der Waals surface area contributed by atoms with Gasteiger partial charge in [-0.05, 0) is 32.3 Å². The van der Waals surface area contributed by atoms with Crippen LogP contribution in [-0.4, -0.2) is 41.1 Å². The quantitative estimate of drug-likeness (QED) is 0.923. The topological polar surface area (TPSA) is 66.8 Å². The van der Waals surface area contributed by atoms with Crippen molar-refractivity contribution in [1.29, 1.82) is 0 Å². The number of carboxylic acid groups (broad SMARTS) is 1. The van der Waals surface area contributed by atoms with Crippen molar-refractivity contribution in [1.82, 2.24) is 4.90 Å². The number of hydrogen-bond donors (Lipinski definition) is 1. The molecule has 0 saturated carbocycles. The maximum Gasteiger partial charge on any atom is 0.332 e. The molecular formula is C16H21NO4. The summed E-state index contributed by atoms with van der Waals surface area (Å²) in [6, 6.07) is 7.94. The molecule has 1 saturated heterocycles. The van der Waals surface area contributed by atoms with Crippen LogP contribution < -0.4 is 0 Å². The molecule has 1 aliphatic rings. The van der Waals surface area contributed by atoms with E-state index < -0.39 is 18.2 Å². The molecule has 0 aliphatic carbocycles. The van der Waals surface area contributed by atoms with Crippen LogP contribution in [-0.2, 0) is 14.3 Å². The zero-order chi connectivity index (χ0) is 15.6. The molecule has 1 aromatic rings. The van der Waals surface area contributed by atoms with Crippen LogP contribution in [0.1, 0.15) is 36.9 Å². The first-order valence-corrected chi connectivity index (χ1v) is 7.11. The Balaban J connectivity index is 2.02. The zero-order valence-corrected chi connectivity index (χ0v) is 12.6. The number of amides is 1. The number of benzene rings is 1. The van der Waals surface area contributed by atoms with Crippen LogP contribution in [0.5, 0.6) is 0 Å². The van der Waals surface area contributed by atoms with E-state index in [1.54, 1.807) is 11.9 Å². The summed E-state index contributed by atoms with van der Waals surface area (Å²) in [7, 11) is 1.73. The van der Waals surface area contributed by atoms with E-state index in [9.17, 15) is 9.59 Å². The lowest BCUT2D eigenvalue weighted by molar-refractivity contribution is -0.155. The molecule has 1 fully saturated rings. The molecule has 0 aromatic heterocycles. The van der Waals surface area contributed by atoms with E-state index in [0.29, 0.717) is 12.8 Å². The van der Waals surface area contributed by atoms with Crippen molar-refractivity contribution < 1.29 is 19.4 Å². The van der Waals surface area contributed by atoms with Gasteiger partial charge in [0.05, 0.1) is 6.04 Å². The van der Waals surface area contributed by atoms with Crippen LogP contribution in [0.4, 0.5) is 0 Å². The third-order valence-corrected chi connectivity index (χ3v) is 4.06. The van der Waals surface area contributed by atoms with Gasteiger partial charge in [-0.2, -0.15) is 0 Å². The van der Waals surface area contributed by atoms with Gasteiger partial charge in [0.25, 0.3) is 5.91 Å². The largest absolute Gasteiger partial charge is 0.479 e. The van der Waals surface area contributed by atoms with Gasteiger partial charge < -0.3 is 14.7 Å². The van der Waals surface area contributed by atoms with Crippen LogP contribution in [0, 0.1) is 6.92 Å². The minimum absolute atomic E-state index is 0.0782. The monoisotopic (exact) mass is 291 g/mol. The number of nitrogens with zero attached hydrogens (tertiary/aromatic N) is 1. The molecule has 5 heteroatoms. The number of ether oxygens (including phenoxy) is 1. The first-order valence-electron chi connectivity index (χ1n) is 7.11. The zero-order valence-electron chi connectivity index (χ0n) is 12.6. The normalized spacial score (nSPS) is 22.8. The van der Waals surface area contributed by atoms with Gasteiger partial charge >= 0.3 is 5.97 Å². The predicted octanol–water partition coefficient (Wildman–Crippen LogP) is 2.15. The molecule has 1 amide bonds. The lowest BCUT2D eigenvalue weighted by Crippen LogP contribution is -2.38. The number of carboxylic acids is 1. The molecule has 1 N–H and O–H groups in total. The minimum Gasteiger partial charge on any atom is -0.479 e. The highest BCUT2D eigenvalue weighted by Gasteiger charge is 2.37. The lowest BCUT2D eigenvalue weighted by Gasteiger charge is -2.27. The second kappa shape index (κ2) is 6.26. The summed E-state index contributed by atoms with van der Waals surface area (Å²) in [4.78, 5) is 24.9. The molecule has 21 heavy (non-hydrogen) atoms. The number of carbonyl (C=O) groups excluding carboxylic acids is 1. The molecule has 1 unspecified atom stereocenters. The molecule has 3 atom stereocenters. The number of hydrogen-bond acceptors (Lipinski definition) is 3. The molecular weight excluding hydrogens is 270 g/mol. The van der Waals surface area contributed by atoms with Gasteiger partial charge in [-0.15, -0.1) is 0 Å². The van der Waals surface area contributed by atoms with Crippen molar-refractivity contribution >= 4 is 11.9 Å². The standard InChI is InChI=1S/C16H21NO4/c1-10-4-6-12(7-5-10)11(2)17(3)15(18)13-8-9-14(21-13)16(19)20/h4-7,11,13-14H,8-9H2,1-3H3,(H,19,20)/t11?,13-,14+/m0/s1. The molecule has 1 aromatic carbocycles. The summed E-state index contributed by atoms with van der Waals surface area (Å²) < 4.78 is 5.32. The Hall–Kier alpha value is -1.88. The van der Waals surface area contributed by atoms with E-state index in [-0.39, 0.29) is 11.9 Å². The van der Waals surface area contributed by atoms with Crippen molar-refractivity contribution in [3.8, 4) is 0 Å². The maximum atomic E-state index is 12.4. The van der Waals surface area contributed by atoms with E-state index >= 15 is 0 Å². The Morgan fingerprint density at radius 1 is 1.24 bits per heavy atom. The van der Waals surface area contributed by atoms with E-state index in [4.69, 9.17) is 9.84 Å². The highest BCUT2D eigenvalue weighted by molar-refractivity contribution is 5.82. The Kier molecular flexibility index (Phi) is 4.63. The third-order valence-electron chi connectivity index (χ3n) is 4.06. The summed E-state index contributed by atoms with van der Waals surface area (Å²) in [5.74, 6) is -1.16. The molecule has 5 nitrogen and oxygen atoms in total. The fraction of sp³-hybridized carbons (Fsp3) is 0.500. The predicted molar refractivity (Wildman–Crippen MR) is 77.9 cm³/mol. The van der Waals surface area contributed by atoms with E-state index in [1.165, 1.54) is 5.56 Å². The number of likely N-dealkylation sites (N-methyl/N-ethyl adjacent to an activating group) is 1. The Morgan fingerprint density at radius 3 is 2.33 bits per heavy atom. The summed E-state index contributed by atoms with van der Waals surface area (Å²) in [5.41, 5.74) is 2.22. The molecule has 0 radical (unpaired) electrons. The highest BCUT2D eigenvalue weighted by Crippen LogP contribution is 2.25. The number of carbonyl (C=O) groups is 2. The first kappa shape index (κ1) is 15.5. The highest BCUT2D eigenvalue weighted by atomic mass is 16.5. The van der Waals surface area contributed by atoms with Gasteiger partial charge in [0.2, 0.25) is 0 Å². The van der Waals surface area contributed by atoms with Crippen molar-refractivity contribution in [2.75, 3.05) is 7.05 Å². The van der Waals surface area contributed by atoms with E-state index in [2.05, 4.69) is 0 Å². The van der Waals surface area contributed by atoms with Gasteiger partial charge in [-0.1, -0.05) is 29.8 Å². The van der Waals surface area contributed by atoms with Crippen molar-refractivity contribution in [2.45, 2.75) is 44.9 Å². The second-order valence-corrected chi connectivity index (χ2v) is 5.56. The smallest absolute Gasteiger partial charge is 0.332 e. The summed E-state index contributed by atoms with van der Waals surface area (Å²) in [6.07, 6.45) is -0.662. The number of aryl methyl sites for hydroxylation is 1. The van der Waals surface area contributed by atoms with Crippen LogP contribution in [0.2, 0.25) is 0 Å². The Labute approximate surface area is 124 Å². The average Bonchev–Trinajstić information content (AvgIpc) is 2.96. The van der Waals surface area contributed by atoms with Crippen LogP contribution in [0.25, 0.3) is 0 Å². The van der Waals surface area contributed by atoms with E-state index in [0.717, 1.165) is 5.56 Å². The van der Waals surface area contributed by atoms with Crippen molar-refractivity contribution in [3.63, 3.8) is 0 Å². The molecule has 0 bridgehead atoms. The number of rotatable bonds is 4. The maximum absolute atomic E-state index is 12.4. The van der Waals surface area contributed by atoms with Crippen LogP contribution in [0.3, 0.4) is 0 Å². The van der Waals surface area contributed by atoms with Crippen LogP contribution >= 0.6 is 0 Å². The Bertz CT molecular complexity index is 526. The lowest BCUT2D eigenvalue weighted by atomic mass is 10.0. The van der Waals surface area contributed by atoms with Gasteiger partial charge in [0, 0.05) is 7.05 Å². The van der Waals surface area contributed by atoms with Crippen LogP contribution in [0.15, 0.2) is 24.3 Å². The summed E-state index contributed by atoms with van der Waals surface area (Å²) in [6.45, 7) is 3.97. The third kappa shape index (κ3) is 3.42. The molecule has 0 spiro atoms. The average molecular weight is 291 g/mol. The molecule has 1 heterocycles. The minimum atomic E-state index is -1.00. The molecule has 2 rings (SSSR count). The Morgan fingerprint density at radius 2 is 1.81 bits per heavy atom. The SMILES string of the molecule is Cc1ccc(C(C)N(C)C(=O)[C@@H]2CC[C@H](C(=O)O)O2)cc1. The van der Waals surface area contributed by atoms with Gasteiger partial charge in [0.15, 0.2) is 6.10 Å². The fourth-order valence-electron chi connectivity index (χ4n) is 2.49. The van der Waals surface area contributed by atoms with Gasteiger partial charge in [-0.3, -0.25) is 4.79 Å². The second-order valence-electron chi connectivity index (χ2n) is 5.56. The van der Waals surface area contributed by atoms with Crippen molar-refractivity contribution in [3.05, 3.63) is 35.4 Å². The molecule has 114 valence electrons. The summed E-state index contributed by atoms with van der Waals surface area (Å²) >= 11 is 0.